The van der Waals surface area contributed by atoms with Crippen LogP contribution in [0.5, 0.6) is 0 Å². The number of imide groups is 1. The van der Waals surface area contributed by atoms with Crippen LogP contribution >= 0.6 is 11.6 Å². The Morgan fingerprint density at radius 3 is 2.18 bits per heavy atom. The molecule has 0 spiro atoms. The molecular weight excluding hydrogens is 510 g/mol. The van der Waals surface area contributed by atoms with E-state index in [1.807, 2.05) is 105 Å². The lowest BCUT2D eigenvalue weighted by atomic mass is 9.83. The Hall–Kier alpha value is -4.16. The molecule has 0 aliphatic carbocycles. The van der Waals surface area contributed by atoms with Gasteiger partial charge in [-0.25, -0.2) is 4.79 Å². The summed E-state index contributed by atoms with van der Waals surface area (Å²) in [6.07, 6.45) is 1.07. The highest BCUT2D eigenvalue weighted by Gasteiger charge is 2.52. The fourth-order valence-electron chi connectivity index (χ4n) is 5.36. The van der Waals surface area contributed by atoms with Crippen LogP contribution in [0, 0.1) is 13.8 Å². The van der Waals surface area contributed by atoms with E-state index < -0.39 is 17.5 Å². The van der Waals surface area contributed by atoms with Crippen LogP contribution in [0.4, 0.5) is 4.79 Å². The van der Waals surface area contributed by atoms with Crippen LogP contribution in [0.25, 0.3) is 0 Å². The Morgan fingerprint density at radius 2 is 1.51 bits per heavy atom. The standard InChI is InChI=1S/C32H30ClN3O3/c1-22-19-28(23(2)35(22)18-17-24-13-15-27(33)16-14-24)29(37)21-36-30(38)32(34-31(36)39,26-11-7-4-8-12-26)20-25-9-5-3-6-10-25/h3-16,19H,17-18,20-21H2,1-2H3,(H,34,39)/t32-/m1/s1. The van der Waals surface area contributed by atoms with Crippen molar-refractivity contribution in [1.82, 2.24) is 14.8 Å². The van der Waals surface area contributed by atoms with Crippen molar-refractivity contribution in [3.8, 4) is 0 Å². The van der Waals surface area contributed by atoms with Gasteiger partial charge in [0.15, 0.2) is 11.3 Å². The van der Waals surface area contributed by atoms with E-state index in [0.29, 0.717) is 22.7 Å². The molecule has 1 aliphatic rings. The number of urea groups is 1. The molecule has 1 aliphatic heterocycles. The molecule has 0 saturated carbocycles. The molecule has 1 saturated heterocycles. The van der Waals surface area contributed by atoms with Gasteiger partial charge in [-0.2, -0.15) is 0 Å². The molecule has 0 radical (unpaired) electrons. The first-order valence-electron chi connectivity index (χ1n) is 13.0. The number of ketones is 1. The van der Waals surface area contributed by atoms with Gasteiger partial charge in [0.2, 0.25) is 0 Å². The first-order valence-corrected chi connectivity index (χ1v) is 13.3. The van der Waals surface area contributed by atoms with Crippen molar-refractivity contribution >= 4 is 29.3 Å². The first-order chi connectivity index (χ1) is 18.8. The number of aromatic nitrogens is 1. The number of hydrogen-bond acceptors (Lipinski definition) is 3. The summed E-state index contributed by atoms with van der Waals surface area (Å²) in [6, 6.07) is 27.8. The second-order valence-corrected chi connectivity index (χ2v) is 10.4. The van der Waals surface area contributed by atoms with Crippen LogP contribution in [0.2, 0.25) is 5.02 Å². The number of aryl methyl sites for hydroxylation is 2. The van der Waals surface area contributed by atoms with Crippen LogP contribution in [0.3, 0.4) is 0 Å². The number of Topliss-reactive ketones (excluding diaryl/α,β-unsaturated/α-hetero) is 1. The minimum atomic E-state index is -1.28. The number of nitrogens with one attached hydrogen (secondary N) is 1. The number of nitrogens with zero attached hydrogens (tertiary/aromatic N) is 2. The van der Waals surface area contributed by atoms with Crippen molar-refractivity contribution in [2.45, 2.75) is 38.8 Å². The molecular formula is C32H30ClN3O3. The average Bonchev–Trinajstić information content (AvgIpc) is 3.36. The van der Waals surface area contributed by atoms with Crippen LogP contribution in [-0.2, 0) is 29.7 Å². The van der Waals surface area contributed by atoms with Gasteiger partial charge in [0.1, 0.15) is 0 Å². The molecule has 1 N–H and O–H groups in total. The topological polar surface area (TPSA) is 71.4 Å². The molecule has 5 rings (SSSR count). The Bertz CT molecular complexity index is 1510. The lowest BCUT2D eigenvalue weighted by Crippen LogP contribution is -2.46. The summed E-state index contributed by atoms with van der Waals surface area (Å²) in [5.74, 6) is -0.694. The number of rotatable bonds is 9. The summed E-state index contributed by atoms with van der Waals surface area (Å²) in [7, 11) is 0. The zero-order valence-corrected chi connectivity index (χ0v) is 22.7. The third-order valence-corrected chi connectivity index (χ3v) is 7.72. The zero-order chi connectivity index (χ0) is 27.6. The predicted molar refractivity (Wildman–Crippen MR) is 152 cm³/mol. The molecule has 198 valence electrons. The number of hydrogen-bond donors (Lipinski definition) is 1. The number of carbonyl (C=O) groups is 3. The van der Waals surface area contributed by atoms with Gasteiger partial charge in [-0.3, -0.25) is 14.5 Å². The summed E-state index contributed by atoms with van der Waals surface area (Å²) in [6.45, 7) is 4.23. The van der Waals surface area contributed by atoms with Gasteiger partial charge in [0, 0.05) is 34.9 Å². The van der Waals surface area contributed by atoms with Crippen LogP contribution in [-0.4, -0.2) is 33.7 Å². The summed E-state index contributed by atoms with van der Waals surface area (Å²) >= 11 is 6.00. The molecule has 1 fully saturated rings. The molecule has 3 aromatic carbocycles. The lowest BCUT2D eigenvalue weighted by molar-refractivity contribution is -0.131. The van der Waals surface area contributed by atoms with Crippen molar-refractivity contribution < 1.29 is 14.4 Å². The highest BCUT2D eigenvalue weighted by Crippen LogP contribution is 2.33. The fraction of sp³-hybridized carbons (Fsp3) is 0.219. The van der Waals surface area contributed by atoms with Gasteiger partial charge < -0.3 is 9.88 Å². The van der Waals surface area contributed by atoms with Crippen molar-refractivity contribution in [3.05, 3.63) is 130 Å². The normalized spacial score (nSPS) is 16.9. The fourth-order valence-corrected chi connectivity index (χ4v) is 5.49. The second-order valence-electron chi connectivity index (χ2n) is 9.99. The zero-order valence-electron chi connectivity index (χ0n) is 22.0. The summed E-state index contributed by atoms with van der Waals surface area (Å²) in [5, 5.41) is 3.63. The monoisotopic (exact) mass is 539 g/mol. The Morgan fingerprint density at radius 1 is 0.872 bits per heavy atom. The van der Waals surface area contributed by atoms with E-state index in [1.54, 1.807) is 0 Å². The smallest absolute Gasteiger partial charge is 0.325 e. The highest BCUT2D eigenvalue weighted by molar-refractivity contribution is 6.30. The molecule has 7 heteroatoms. The molecule has 0 unspecified atom stereocenters. The van der Waals surface area contributed by atoms with Gasteiger partial charge in [0.05, 0.1) is 6.54 Å². The van der Waals surface area contributed by atoms with Gasteiger partial charge >= 0.3 is 6.03 Å². The van der Waals surface area contributed by atoms with E-state index in [9.17, 15) is 14.4 Å². The molecule has 2 heterocycles. The third kappa shape index (κ3) is 5.25. The SMILES string of the molecule is Cc1cc(C(=O)CN2C(=O)N[C@](Cc3ccccc3)(c3ccccc3)C2=O)c(C)n1CCc1ccc(Cl)cc1. The molecule has 0 bridgehead atoms. The van der Waals surface area contributed by atoms with Crippen LogP contribution in [0.15, 0.2) is 91.0 Å². The molecule has 1 aromatic heterocycles. The van der Waals surface area contributed by atoms with E-state index in [1.165, 1.54) is 0 Å². The van der Waals surface area contributed by atoms with E-state index in [2.05, 4.69) is 9.88 Å². The van der Waals surface area contributed by atoms with E-state index in [0.717, 1.165) is 33.8 Å². The maximum atomic E-state index is 13.9. The predicted octanol–water partition coefficient (Wildman–Crippen LogP) is 5.87. The first kappa shape index (κ1) is 26.4. The maximum absolute atomic E-state index is 13.9. The van der Waals surface area contributed by atoms with E-state index in [-0.39, 0.29) is 18.7 Å². The van der Waals surface area contributed by atoms with Crippen molar-refractivity contribution in [3.63, 3.8) is 0 Å². The summed E-state index contributed by atoms with van der Waals surface area (Å²) < 4.78 is 2.09. The molecule has 4 aromatic rings. The van der Waals surface area contributed by atoms with Gasteiger partial charge in [-0.1, -0.05) is 84.4 Å². The Labute approximate surface area is 233 Å². The largest absolute Gasteiger partial charge is 0.348 e. The highest BCUT2D eigenvalue weighted by atomic mass is 35.5. The van der Waals surface area contributed by atoms with E-state index in [4.69, 9.17) is 11.6 Å². The number of amides is 3. The molecule has 6 nitrogen and oxygen atoms in total. The number of benzene rings is 3. The molecule has 39 heavy (non-hydrogen) atoms. The second kappa shape index (κ2) is 10.9. The Balaban J connectivity index is 1.37. The third-order valence-electron chi connectivity index (χ3n) is 7.47. The number of carbonyl (C=O) groups excluding carboxylic acids is 3. The maximum Gasteiger partial charge on any atom is 0.325 e. The van der Waals surface area contributed by atoms with Crippen molar-refractivity contribution in [2.75, 3.05) is 6.54 Å². The van der Waals surface area contributed by atoms with Crippen molar-refractivity contribution in [1.29, 1.82) is 0 Å². The molecule has 3 amide bonds. The van der Waals surface area contributed by atoms with Gasteiger partial charge in [0.25, 0.3) is 5.91 Å². The molecule has 1 atom stereocenters. The van der Waals surface area contributed by atoms with Crippen molar-refractivity contribution in [2.24, 2.45) is 0 Å². The number of halogens is 1. The van der Waals surface area contributed by atoms with Crippen LogP contribution < -0.4 is 5.32 Å². The lowest BCUT2D eigenvalue weighted by Gasteiger charge is -2.27. The van der Waals surface area contributed by atoms with Gasteiger partial charge in [-0.15, -0.1) is 0 Å². The Kier molecular flexibility index (Phi) is 7.40. The van der Waals surface area contributed by atoms with Gasteiger partial charge in [-0.05, 0) is 55.2 Å². The summed E-state index contributed by atoms with van der Waals surface area (Å²) in [5.41, 5.74) is 3.74. The van der Waals surface area contributed by atoms with Crippen LogP contribution in [0.1, 0.15) is 38.4 Å². The van der Waals surface area contributed by atoms with E-state index >= 15 is 0 Å². The minimum Gasteiger partial charge on any atom is -0.348 e. The average molecular weight is 540 g/mol. The quantitative estimate of drug-likeness (QED) is 0.213. The summed E-state index contributed by atoms with van der Waals surface area (Å²) in [4.78, 5) is 41.7. The minimum absolute atomic E-state index is 0.270.